The lowest BCUT2D eigenvalue weighted by atomic mass is 10.3. The van der Waals surface area contributed by atoms with Crippen LogP contribution in [-0.4, -0.2) is 9.97 Å². The Labute approximate surface area is 73.0 Å². The maximum atomic E-state index is 4.26. The first-order valence-electron chi connectivity index (χ1n) is 4.13. The molecule has 0 saturated carbocycles. The molecule has 0 atom stereocenters. The van der Waals surface area contributed by atoms with Crippen molar-refractivity contribution in [1.29, 1.82) is 0 Å². The van der Waals surface area contributed by atoms with Gasteiger partial charge in [-0.3, -0.25) is 0 Å². The highest BCUT2D eigenvalue weighted by atomic mass is 14.9. The van der Waals surface area contributed by atoms with Crippen LogP contribution in [0, 0.1) is 6.92 Å². The minimum atomic E-state index is 0.928. The Hall–Kier alpha value is -1.31. The first-order valence-corrected chi connectivity index (χ1v) is 4.13. The van der Waals surface area contributed by atoms with Gasteiger partial charge in [0.05, 0.1) is 11.4 Å². The van der Waals surface area contributed by atoms with E-state index in [2.05, 4.69) is 29.5 Å². The van der Waals surface area contributed by atoms with Crippen molar-refractivity contribution in [1.82, 2.24) is 9.97 Å². The quantitative estimate of drug-likeness (QED) is 0.727. The SMILES string of the molecule is C=Cc1nc(C)[nH]c1/C=C\CC. The molecule has 2 nitrogen and oxygen atoms in total. The molecule has 0 radical (unpaired) electrons. The van der Waals surface area contributed by atoms with Crippen LogP contribution in [0.15, 0.2) is 12.7 Å². The Morgan fingerprint density at radius 3 is 2.92 bits per heavy atom. The van der Waals surface area contributed by atoms with Gasteiger partial charge in [0, 0.05) is 0 Å². The Morgan fingerprint density at radius 1 is 1.58 bits per heavy atom. The number of aromatic amines is 1. The molecule has 1 rings (SSSR count). The fourth-order valence-electron chi connectivity index (χ4n) is 1.05. The molecule has 1 aromatic rings. The Bertz CT molecular complexity index is 295. The van der Waals surface area contributed by atoms with Gasteiger partial charge < -0.3 is 4.98 Å². The Balaban J connectivity index is 2.96. The van der Waals surface area contributed by atoms with Gasteiger partial charge in [0.1, 0.15) is 5.82 Å². The van der Waals surface area contributed by atoms with E-state index in [4.69, 9.17) is 0 Å². The van der Waals surface area contributed by atoms with Gasteiger partial charge in [0.25, 0.3) is 0 Å². The van der Waals surface area contributed by atoms with Crippen molar-refractivity contribution in [3.8, 4) is 0 Å². The van der Waals surface area contributed by atoms with Gasteiger partial charge in [0.2, 0.25) is 0 Å². The summed E-state index contributed by atoms with van der Waals surface area (Å²) in [5, 5.41) is 0. The topological polar surface area (TPSA) is 28.7 Å². The number of rotatable bonds is 3. The van der Waals surface area contributed by atoms with E-state index in [1.54, 1.807) is 6.08 Å². The largest absolute Gasteiger partial charge is 0.342 e. The molecule has 1 N–H and O–H groups in total. The molecule has 0 bridgehead atoms. The summed E-state index contributed by atoms with van der Waals surface area (Å²) in [5.41, 5.74) is 1.97. The minimum Gasteiger partial charge on any atom is -0.342 e. The normalized spacial score (nSPS) is 10.8. The second-order valence-electron chi connectivity index (χ2n) is 2.64. The second kappa shape index (κ2) is 3.90. The summed E-state index contributed by atoms with van der Waals surface area (Å²) >= 11 is 0. The van der Waals surface area contributed by atoms with Crippen LogP contribution >= 0.6 is 0 Å². The summed E-state index contributed by atoms with van der Waals surface area (Å²) in [4.78, 5) is 7.42. The van der Waals surface area contributed by atoms with E-state index in [-0.39, 0.29) is 0 Å². The van der Waals surface area contributed by atoms with Gasteiger partial charge in [-0.2, -0.15) is 0 Å². The maximum Gasteiger partial charge on any atom is 0.104 e. The summed E-state index contributed by atoms with van der Waals surface area (Å²) in [6.45, 7) is 7.74. The molecule has 1 heterocycles. The lowest BCUT2D eigenvalue weighted by Gasteiger charge is -1.87. The Kier molecular flexibility index (Phi) is 2.86. The first kappa shape index (κ1) is 8.78. The first-order chi connectivity index (χ1) is 5.77. The predicted octanol–water partition coefficient (Wildman–Crippen LogP) is 2.78. The van der Waals surface area contributed by atoms with Gasteiger partial charge in [-0.05, 0) is 25.5 Å². The lowest BCUT2D eigenvalue weighted by Crippen LogP contribution is -1.75. The van der Waals surface area contributed by atoms with Gasteiger partial charge in [0.15, 0.2) is 0 Å². The van der Waals surface area contributed by atoms with Crippen LogP contribution in [-0.2, 0) is 0 Å². The molecule has 1 aromatic heterocycles. The number of imidazole rings is 1. The monoisotopic (exact) mass is 162 g/mol. The fourth-order valence-corrected chi connectivity index (χ4v) is 1.05. The van der Waals surface area contributed by atoms with Gasteiger partial charge >= 0.3 is 0 Å². The lowest BCUT2D eigenvalue weighted by molar-refractivity contribution is 1.14. The molecule has 12 heavy (non-hydrogen) atoms. The molecule has 0 aliphatic carbocycles. The van der Waals surface area contributed by atoms with E-state index >= 15 is 0 Å². The minimum absolute atomic E-state index is 0.928. The van der Waals surface area contributed by atoms with Crippen molar-refractivity contribution in [2.45, 2.75) is 20.3 Å². The molecule has 0 aliphatic rings. The van der Waals surface area contributed by atoms with E-state index in [1.165, 1.54) is 0 Å². The van der Waals surface area contributed by atoms with Crippen LogP contribution in [0.25, 0.3) is 12.2 Å². The molecule has 0 aliphatic heterocycles. The van der Waals surface area contributed by atoms with E-state index < -0.39 is 0 Å². The smallest absolute Gasteiger partial charge is 0.104 e. The Morgan fingerprint density at radius 2 is 2.33 bits per heavy atom. The van der Waals surface area contributed by atoms with Crippen LogP contribution in [0.5, 0.6) is 0 Å². The highest BCUT2D eigenvalue weighted by molar-refractivity contribution is 5.58. The molecule has 0 spiro atoms. The molecule has 0 saturated heterocycles. The molecule has 0 fully saturated rings. The predicted molar refractivity (Wildman–Crippen MR) is 52.7 cm³/mol. The fraction of sp³-hybridized carbons (Fsp3) is 0.300. The third-order valence-corrected chi connectivity index (χ3v) is 1.59. The number of aryl methyl sites for hydroxylation is 1. The number of hydrogen-bond donors (Lipinski definition) is 1. The van der Waals surface area contributed by atoms with E-state index in [0.29, 0.717) is 0 Å². The van der Waals surface area contributed by atoms with Crippen LogP contribution in [0.1, 0.15) is 30.6 Å². The third-order valence-electron chi connectivity index (χ3n) is 1.59. The summed E-state index contributed by atoms with van der Waals surface area (Å²) in [5.74, 6) is 0.931. The van der Waals surface area contributed by atoms with Crippen molar-refractivity contribution in [2.75, 3.05) is 0 Å². The van der Waals surface area contributed by atoms with Crippen molar-refractivity contribution < 1.29 is 0 Å². The van der Waals surface area contributed by atoms with Crippen LogP contribution in [0.3, 0.4) is 0 Å². The summed E-state index contributed by atoms with van der Waals surface area (Å²) in [6, 6.07) is 0. The number of allylic oxidation sites excluding steroid dienone is 1. The summed E-state index contributed by atoms with van der Waals surface area (Å²) in [6.07, 6.45) is 6.93. The van der Waals surface area contributed by atoms with Gasteiger partial charge in [-0.1, -0.05) is 19.6 Å². The van der Waals surface area contributed by atoms with E-state index in [1.807, 2.05) is 13.0 Å². The molecule has 64 valence electrons. The van der Waals surface area contributed by atoms with Gasteiger partial charge in [-0.25, -0.2) is 4.98 Å². The molecule has 0 amide bonds. The number of aromatic nitrogens is 2. The highest BCUT2D eigenvalue weighted by Crippen LogP contribution is 2.09. The van der Waals surface area contributed by atoms with E-state index in [0.717, 1.165) is 23.6 Å². The zero-order chi connectivity index (χ0) is 8.97. The van der Waals surface area contributed by atoms with Gasteiger partial charge in [-0.15, -0.1) is 0 Å². The molecular formula is C10H14N2. The van der Waals surface area contributed by atoms with Crippen molar-refractivity contribution in [2.24, 2.45) is 0 Å². The average molecular weight is 162 g/mol. The molecular weight excluding hydrogens is 148 g/mol. The van der Waals surface area contributed by atoms with Crippen molar-refractivity contribution >= 4 is 12.2 Å². The second-order valence-corrected chi connectivity index (χ2v) is 2.64. The van der Waals surface area contributed by atoms with Crippen LogP contribution < -0.4 is 0 Å². The molecule has 2 heteroatoms. The highest BCUT2D eigenvalue weighted by Gasteiger charge is 1.99. The third kappa shape index (κ3) is 1.84. The zero-order valence-electron chi connectivity index (χ0n) is 7.59. The average Bonchev–Trinajstić information content (AvgIpc) is 2.42. The number of nitrogens with zero attached hydrogens (tertiary/aromatic N) is 1. The number of nitrogens with one attached hydrogen (secondary N) is 1. The number of hydrogen-bond acceptors (Lipinski definition) is 1. The van der Waals surface area contributed by atoms with Crippen molar-refractivity contribution in [3.05, 3.63) is 29.9 Å². The standard InChI is InChI=1S/C10H14N2/c1-4-6-7-10-9(5-2)11-8(3)12-10/h5-7H,2,4H2,1,3H3,(H,11,12)/b7-6-. The van der Waals surface area contributed by atoms with Crippen LogP contribution in [0.4, 0.5) is 0 Å². The molecule has 0 aromatic carbocycles. The van der Waals surface area contributed by atoms with E-state index in [9.17, 15) is 0 Å². The zero-order valence-corrected chi connectivity index (χ0v) is 7.59. The molecule has 0 unspecified atom stereocenters. The number of H-pyrrole nitrogens is 1. The summed E-state index contributed by atoms with van der Waals surface area (Å²) in [7, 11) is 0. The maximum absolute atomic E-state index is 4.26. The van der Waals surface area contributed by atoms with Crippen LogP contribution in [0.2, 0.25) is 0 Å². The summed E-state index contributed by atoms with van der Waals surface area (Å²) < 4.78 is 0. The van der Waals surface area contributed by atoms with Crippen molar-refractivity contribution in [3.63, 3.8) is 0 Å².